The zero-order valence-electron chi connectivity index (χ0n) is 15.8. The maximum atomic E-state index is 14.7. The van der Waals surface area contributed by atoms with Gasteiger partial charge in [0.05, 0.1) is 13.0 Å². The second-order valence-electron chi connectivity index (χ2n) is 7.61. The summed E-state index contributed by atoms with van der Waals surface area (Å²) in [4.78, 5) is 25.5. The number of likely N-dealkylation sites (tertiary alicyclic amines) is 1. The number of methoxy groups -OCH3 is 1. The van der Waals surface area contributed by atoms with Crippen LogP contribution >= 0.6 is 0 Å². The molecule has 0 aliphatic carbocycles. The highest BCUT2D eigenvalue weighted by molar-refractivity contribution is 5.73. The highest BCUT2D eigenvalue weighted by Gasteiger charge is 2.39. The summed E-state index contributed by atoms with van der Waals surface area (Å²) in [6.07, 6.45) is -0.276. The number of halogens is 1. The third kappa shape index (κ3) is 4.45. The van der Waals surface area contributed by atoms with Gasteiger partial charge in [0.25, 0.3) is 0 Å². The predicted octanol–water partition coefficient (Wildman–Crippen LogP) is 3.57. The molecule has 0 spiro atoms. The molecule has 0 aromatic heterocycles. The number of hydrogen-bond acceptors (Lipinski definition) is 4. The molecule has 7 heteroatoms. The van der Waals surface area contributed by atoms with E-state index in [1.165, 1.54) is 18.1 Å². The van der Waals surface area contributed by atoms with Crippen LogP contribution in [0.1, 0.15) is 44.2 Å². The summed E-state index contributed by atoms with van der Waals surface area (Å²) in [7, 11) is 1.44. The van der Waals surface area contributed by atoms with Crippen molar-refractivity contribution in [3.63, 3.8) is 0 Å². The van der Waals surface area contributed by atoms with E-state index in [0.29, 0.717) is 16.9 Å². The average Bonchev–Trinajstić information content (AvgIpc) is 2.52. The Bertz CT molecular complexity index is 675. The molecule has 2 rings (SSSR count). The molecule has 144 valence electrons. The molecule has 0 radical (unpaired) electrons. The van der Waals surface area contributed by atoms with Gasteiger partial charge in [-0.05, 0) is 51.3 Å². The number of amides is 1. The summed E-state index contributed by atoms with van der Waals surface area (Å²) in [5, 5.41) is 9.58. The lowest BCUT2D eigenvalue weighted by Crippen LogP contribution is -2.47. The molecule has 6 nitrogen and oxygen atoms in total. The molecule has 0 bridgehead atoms. The fourth-order valence-electron chi connectivity index (χ4n) is 3.34. The third-order valence-electron chi connectivity index (χ3n) is 4.50. The Kier molecular flexibility index (Phi) is 5.78. The number of carbonyl (C=O) groups is 2. The number of rotatable bonds is 3. The molecule has 1 aromatic rings. The molecule has 1 aromatic carbocycles. The van der Waals surface area contributed by atoms with E-state index >= 15 is 0 Å². The van der Waals surface area contributed by atoms with Gasteiger partial charge < -0.3 is 19.5 Å². The number of aliphatic carboxylic acids is 1. The van der Waals surface area contributed by atoms with Crippen molar-refractivity contribution in [1.82, 2.24) is 4.90 Å². The minimum Gasteiger partial charge on any atom is -0.497 e. The molecule has 1 aliphatic rings. The van der Waals surface area contributed by atoms with Gasteiger partial charge in [-0.15, -0.1) is 0 Å². The van der Waals surface area contributed by atoms with Crippen molar-refractivity contribution in [3.05, 3.63) is 29.1 Å². The van der Waals surface area contributed by atoms with E-state index in [-0.39, 0.29) is 19.5 Å². The van der Waals surface area contributed by atoms with Crippen molar-refractivity contribution >= 4 is 12.1 Å². The zero-order valence-corrected chi connectivity index (χ0v) is 15.8. The first-order chi connectivity index (χ1) is 12.0. The number of carbonyl (C=O) groups excluding carboxylic acids is 1. The van der Waals surface area contributed by atoms with Gasteiger partial charge in [0.15, 0.2) is 0 Å². The second-order valence-corrected chi connectivity index (χ2v) is 7.61. The van der Waals surface area contributed by atoms with Crippen LogP contribution in [0.5, 0.6) is 5.75 Å². The molecule has 2 atom stereocenters. The molecule has 1 amide bonds. The average molecular weight is 367 g/mol. The first kappa shape index (κ1) is 20.0. The smallest absolute Gasteiger partial charge is 0.410 e. The molecule has 1 heterocycles. The summed E-state index contributed by atoms with van der Waals surface area (Å²) in [5.74, 6) is -2.57. The minimum atomic E-state index is -0.992. The van der Waals surface area contributed by atoms with Gasteiger partial charge in [-0.2, -0.15) is 0 Å². The summed E-state index contributed by atoms with van der Waals surface area (Å²) in [6, 6.07) is 2.91. The lowest BCUT2D eigenvalue weighted by Gasteiger charge is -2.38. The summed E-state index contributed by atoms with van der Waals surface area (Å²) in [6.45, 7) is 7.36. The van der Waals surface area contributed by atoms with E-state index in [4.69, 9.17) is 9.47 Å². The monoisotopic (exact) mass is 367 g/mol. The number of nitrogens with zero attached hydrogens (tertiary/aromatic N) is 1. The van der Waals surface area contributed by atoms with Gasteiger partial charge in [-0.25, -0.2) is 9.18 Å². The quantitative estimate of drug-likeness (QED) is 0.884. The number of ether oxygens (including phenoxy) is 2. The van der Waals surface area contributed by atoms with Crippen LogP contribution in [0.2, 0.25) is 0 Å². The molecule has 26 heavy (non-hydrogen) atoms. The van der Waals surface area contributed by atoms with Crippen LogP contribution in [0.15, 0.2) is 12.1 Å². The Morgan fingerprint density at radius 2 is 1.96 bits per heavy atom. The predicted molar refractivity (Wildman–Crippen MR) is 94.0 cm³/mol. The van der Waals surface area contributed by atoms with Crippen molar-refractivity contribution in [1.29, 1.82) is 0 Å². The fourth-order valence-corrected chi connectivity index (χ4v) is 3.34. The summed E-state index contributed by atoms with van der Waals surface area (Å²) >= 11 is 0. The Labute approximate surface area is 152 Å². The van der Waals surface area contributed by atoms with E-state index in [9.17, 15) is 19.1 Å². The topological polar surface area (TPSA) is 76.1 Å². The number of benzene rings is 1. The molecule has 1 aliphatic heterocycles. The van der Waals surface area contributed by atoms with E-state index < -0.39 is 35.3 Å². The summed E-state index contributed by atoms with van der Waals surface area (Å²) < 4.78 is 25.2. The van der Waals surface area contributed by atoms with Crippen LogP contribution in [-0.2, 0) is 9.53 Å². The van der Waals surface area contributed by atoms with E-state index in [0.717, 1.165) is 0 Å². The lowest BCUT2D eigenvalue weighted by molar-refractivity contribution is -0.144. The van der Waals surface area contributed by atoms with Gasteiger partial charge in [0.2, 0.25) is 0 Å². The normalized spacial score (nSPS) is 20.6. The maximum Gasteiger partial charge on any atom is 0.410 e. The van der Waals surface area contributed by atoms with E-state index in [1.807, 2.05) is 0 Å². The van der Waals surface area contributed by atoms with Gasteiger partial charge in [-0.3, -0.25) is 4.79 Å². The van der Waals surface area contributed by atoms with Gasteiger partial charge in [0, 0.05) is 25.1 Å². The highest BCUT2D eigenvalue weighted by Crippen LogP contribution is 2.37. The minimum absolute atomic E-state index is 0.0932. The molecule has 0 saturated carbocycles. The molecule has 1 unspecified atom stereocenters. The standard InChI is InChI=1S/C19H26FNO5/c1-11-8-12(25-5)9-15(20)16(11)14-10-21(7-6-13(14)17(22)23)18(24)26-19(2,3)4/h8-9,13-14H,6-7,10H2,1-5H3,(H,22,23)/t13?,14-/m1/s1. The van der Waals surface area contributed by atoms with Crippen LogP contribution < -0.4 is 4.74 Å². The van der Waals surface area contributed by atoms with Crippen LogP contribution in [0.3, 0.4) is 0 Å². The van der Waals surface area contributed by atoms with E-state index in [1.54, 1.807) is 33.8 Å². The third-order valence-corrected chi connectivity index (χ3v) is 4.50. The van der Waals surface area contributed by atoms with Crippen molar-refractivity contribution in [2.24, 2.45) is 5.92 Å². The van der Waals surface area contributed by atoms with Gasteiger partial charge in [-0.1, -0.05) is 0 Å². The highest BCUT2D eigenvalue weighted by atomic mass is 19.1. The molecule has 1 fully saturated rings. The number of carboxylic acids is 1. The number of piperidine rings is 1. The zero-order chi connectivity index (χ0) is 19.6. The number of carboxylic acid groups (broad SMARTS) is 1. The second kappa shape index (κ2) is 7.51. The molecule has 1 N–H and O–H groups in total. The Morgan fingerprint density at radius 1 is 1.31 bits per heavy atom. The molecular weight excluding hydrogens is 341 g/mol. The molecule has 1 saturated heterocycles. The van der Waals surface area contributed by atoms with Crippen molar-refractivity contribution in [2.75, 3.05) is 20.2 Å². The van der Waals surface area contributed by atoms with Crippen LogP contribution in [0.4, 0.5) is 9.18 Å². The SMILES string of the molecule is COc1cc(C)c([C@@H]2CN(C(=O)OC(C)(C)C)CCC2C(=O)O)c(F)c1. The largest absolute Gasteiger partial charge is 0.497 e. The Morgan fingerprint density at radius 3 is 2.46 bits per heavy atom. The van der Waals surface area contributed by atoms with Crippen molar-refractivity contribution < 1.29 is 28.6 Å². The summed E-state index contributed by atoms with van der Waals surface area (Å²) in [5.41, 5.74) is 0.257. The molecular formula is C19H26FNO5. The first-order valence-corrected chi connectivity index (χ1v) is 8.58. The van der Waals surface area contributed by atoms with Crippen LogP contribution in [0.25, 0.3) is 0 Å². The van der Waals surface area contributed by atoms with Crippen LogP contribution in [-0.4, -0.2) is 47.9 Å². The lowest BCUT2D eigenvalue weighted by atomic mass is 9.79. The van der Waals surface area contributed by atoms with Gasteiger partial charge in [0.1, 0.15) is 17.2 Å². The fraction of sp³-hybridized carbons (Fsp3) is 0.579. The Balaban J connectivity index is 2.36. The first-order valence-electron chi connectivity index (χ1n) is 8.58. The number of aryl methyl sites for hydroxylation is 1. The van der Waals surface area contributed by atoms with Gasteiger partial charge >= 0.3 is 12.1 Å². The van der Waals surface area contributed by atoms with E-state index in [2.05, 4.69) is 0 Å². The maximum absolute atomic E-state index is 14.7. The van der Waals surface area contributed by atoms with Crippen LogP contribution in [0, 0.1) is 18.7 Å². The van der Waals surface area contributed by atoms with Crippen molar-refractivity contribution in [2.45, 2.75) is 45.6 Å². The Hall–Kier alpha value is -2.31. The number of hydrogen-bond donors (Lipinski definition) is 1. The van der Waals surface area contributed by atoms with Crippen molar-refractivity contribution in [3.8, 4) is 5.75 Å².